The Labute approximate surface area is 180 Å². The highest BCUT2D eigenvalue weighted by atomic mass is 32.2. The highest BCUT2D eigenvalue weighted by Gasteiger charge is 2.36. The molecule has 2 aliphatic carbocycles. The Morgan fingerprint density at radius 1 is 0.900 bits per heavy atom. The zero-order valence-corrected chi connectivity index (χ0v) is 17.6. The maximum Gasteiger partial charge on any atom is 0.242 e. The second-order valence-electron chi connectivity index (χ2n) is 8.49. The first-order valence-electron chi connectivity index (χ1n) is 10.9. The van der Waals surface area contributed by atoms with E-state index in [2.05, 4.69) is 51.2 Å². The molecule has 0 bridgehead atoms. The summed E-state index contributed by atoms with van der Waals surface area (Å²) < 4.78 is 2.32. The molecule has 0 N–H and O–H groups in total. The van der Waals surface area contributed by atoms with E-state index in [0.29, 0.717) is 17.7 Å². The molecule has 0 radical (unpaired) electrons. The summed E-state index contributed by atoms with van der Waals surface area (Å²) in [5, 5.41) is 9.86. The van der Waals surface area contributed by atoms with Gasteiger partial charge in [0.05, 0.1) is 17.1 Å². The van der Waals surface area contributed by atoms with Crippen molar-refractivity contribution in [3.05, 3.63) is 65.5 Å². The summed E-state index contributed by atoms with van der Waals surface area (Å²) in [5.74, 6) is 2.17. The Hall–Kier alpha value is -2.60. The van der Waals surface area contributed by atoms with E-state index in [0.717, 1.165) is 35.2 Å². The highest BCUT2D eigenvalue weighted by Crippen LogP contribution is 2.46. The van der Waals surface area contributed by atoms with Crippen LogP contribution in [0.3, 0.4) is 0 Å². The minimum absolute atomic E-state index is 0.0973. The van der Waals surface area contributed by atoms with Crippen LogP contribution < -0.4 is 4.90 Å². The Morgan fingerprint density at radius 2 is 1.53 bits per heavy atom. The zero-order chi connectivity index (χ0) is 20.1. The second-order valence-corrected chi connectivity index (χ2v) is 9.43. The van der Waals surface area contributed by atoms with Crippen molar-refractivity contribution in [2.24, 2.45) is 0 Å². The van der Waals surface area contributed by atoms with Gasteiger partial charge in [-0.1, -0.05) is 48.2 Å². The standard InChI is InChI=1S/C24H24N4OS/c29-22(15-30-24-26-25-23(18-11-12-18)27(24)19-13-14-19)28-20-7-3-1-5-16(20)9-10-17-6-2-4-8-21(17)28/h1-8,18-19H,9-15H2. The number of amides is 1. The molecule has 0 unspecified atom stereocenters. The molecule has 0 saturated heterocycles. The molecule has 2 fully saturated rings. The average molecular weight is 417 g/mol. The number of anilines is 2. The first-order valence-corrected chi connectivity index (χ1v) is 11.8. The molecule has 5 nitrogen and oxygen atoms in total. The summed E-state index contributed by atoms with van der Waals surface area (Å²) in [6.07, 6.45) is 6.74. The van der Waals surface area contributed by atoms with Crippen molar-refractivity contribution in [2.75, 3.05) is 10.7 Å². The molecule has 6 rings (SSSR count). The first-order chi connectivity index (χ1) is 14.8. The number of hydrogen-bond acceptors (Lipinski definition) is 4. The SMILES string of the molecule is O=C(CSc1nnc(C2CC2)n1C1CC1)N1c2ccccc2CCc2ccccc21. The van der Waals surface area contributed by atoms with Gasteiger partial charge in [0.2, 0.25) is 5.91 Å². The van der Waals surface area contributed by atoms with Crippen molar-refractivity contribution in [2.45, 2.75) is 55.6 Å². The molecule has 1 amide bonds. The zero-order valence-electron chi connectivity index (χ0n) is 16.8. The number of aryl methyl sites for hydroxylation is 2. The number of carbonyl (C=O) groups is 1. The number of hydrogen-bond donors (Lipinski definition) is 0. The Balaban J connectivity index is 1.30. The van der Waals surface area contributed by atoms with Crippen molar-refractivity contribution < 1.29 is 4.79 Å². The van der Waals surface area contributed by atoms with Gasteiger partial charge in [-0.25, -0.2) is 0 Å². The van der Waals surface area contributed by atoms with Gasteiger partial charge in [-0.2, -0.15) is 0 Å². The molecule has 152 valence electrons. The summed E-state index contributed by atoms with van der Waals surface area (Å²) in [6, 6.07) is 17.1. The fourth-order valence-corrected chi connectivity index (χ4v) is 5.28. The van der Waals surface area contributed by atoms with E-state index < -0.39 is 0 Å². The van der Waals surface area contributed by atoms with Crippen LogP contribution in [0, 0.1) is 0 Å². The van der Waals surface area contributed by atoms with Crippen LogP contribution in [0.25, 0.3) is 0 Å². The van der Waals surface area contributed by atoms with Crippen LogP contribution in [-0.4, -0.2) is 26.4 Å². The van der Waals surface area contributed by atoms with E-state index >= 15 is 0 Å². The summed E-state index contributed by atoms with van der Waals surface area (Å²) in [7, 11) is 0. The van der Waals surface area contributed by atoms with Crippen LogP contribution in [0.2, 0.25) is 0 Å². The molecule has 2 saturated carbocycles. The van der Waals surface area contributed by atoms with Crippen molar-refractivity contribution in [1.82, 2.24) is 14.8 Å². The predicted octanol–water partition coefficient (Wildman–Crippen LogP) is 5.05. The molecule has 1 aromatic heterocycles. The van der Waals surface area contributed by atoms with Gasteiger partial charge in [0.1, 0.15) is 5.82 Å². The molecule has 3 aromatic rings. The number of rotatable bonds is 5. The lowest BCUT2D eigenvalue weighted by atomic mass is 10.0. The largest absolute Gasteiger partial charge is 0.303 e. The third-order valence-corrected chi connectivity index (χ3v) is 7.18. The van der Waals surface area contributed by atoms with Crippen molar-refractivity contribution in [1.29, 1.82) is 0 Å². The number of carbonyl (C=O) groups excluding carboxylic acids is 1. The first kappa shape index (κ1) is 18.2. The van der Waals surface area contributed by atoms with E-state index in [1.807, 2.05) is 17.0 Å². The van der Waals surface area contributed by atoms with Gasteiger partial charge in [0.15, 0.2) is 5.16 Å². The molecule has 3 aliphatic rings. The number of nitrogens with zero attached hydrogens (tertiary/aromatic N) is 4. The summed E-state index contributed by atoms with van der Waals surface area (Å²) in [6.45, 7) is 0. The van der Waals surface area contributed by atoms with Gasteiger partial charge in [-0.3, -0.25) is 9.69 Å². The summed E-state index contributed by atoms with van der Waals surface area (Å²) >= 11 is 1.54. The minimum Gasteiger partial charge on any atom is -0.303 e. The van der Waals surface area contributed by atoms with Crippen LogP contribution >= 0.6 is 11.8 Å². The lowest BCUT2D eigenvalue weighted by Gasteiger charge is -2.25. The van der Waals surface area contributed by atoms with E-state index in [4.69, 9.17) is 0 Å². The lowest BCUT2D eigenvalue weighted by molar-refractivity contribution is -0.115. The monoisotopic (exact) mass is 416 g/mol. The molecule has 1 aliphatic heterocycles. The van der Waals surface area contributed by atoms with Gasteiger partial charge in [-0.05, 0) is 61.8 Å². The fraction of sp³-hybridized carbons (Fsp3) is 0.375. The third kappa shape index (κ3) is 3.23. The van der Waals surface area contributed by atoms with Gasteiger partial charge in [0.25, 0.3) is 0 Å². The minimum atomic E-state index is 0.0973. The van der Waals surface area contributed by atoms with Crippen molar-refractivity contribution in [3.63, 3.8) is 0 Å². The molecule has 0 atom stereocenters. The smallest absolute Gasteiger partial charge is 0.242 e. The maximum atomic E-state index is 13.5. The molecule has 30 heavy (non-hydrogen) atoms. The molecule has 0 spiro atoms. The van der Waals surface area contributed by atoms with Gasteiger partial charge >= 0.3 is 0 Å². The van der Waals surface area contributed by atoms with Crippen LogP contribution in [0.5, 0.6) is 0 Å². The summed E-state index contributed by atoms with van der Waals surface area (Å²) in [5.41, 5.74) is 4.47. The molecule has 2 aromatic carbocycles. The van der Waals surface area contributed by atoms with Gasteiger partial charge < -0.3 is 4.57 Å². The maximum absolute atomic E-state index is 13.5. The molecular formula is C24H24N4OS. The van der Waals surface area contributed by atoms with Crippen molar-refractivity contribution in [3.8, 4) is 0 Å². The Kier molecular flexibility index (Phi) is 4.41. The van der Waals surface area contributed by atoms with Gasteiger partial charge in [0, 0.05) is 12.0 Å². The normalized spacial score (nSPS) is 17.9. The molecule has 6 heteroatoms. The number of benzene rings is 2. The predicted molar refractivity (Wildman–Crippen MR) is 118 cm³/mol. The third-order valence-electron chi connectivity index (χ3n) is 6.25. The van der Waals surface area contributed by atoms with Crippen LogP contribution in [0.1, 0.15) is 54.6 Å². The van der Waals surface area contributed by atoms with Crippen LogP contribution in [0.15, 0.2) is 53.7 Å². The van der Waals surface area contributed by atoms with E-state index in [9.17, 15) is 4.79 Å². The van der Waals surface area contributed by atoms with Crippen LogP contribution in [0.4, 0.5) is 11.4 Å². The number of thioether (sulfide) groups is 1. The number of aromatic nitrogens is 3. The van der Waals surface area contributed by atoms with Gasteiger partial charge in [-0.15, -0.1) is 10.2 Å². The number of para-hydroxylation sites is 2. The van der Waals surface area contributed by atoms with Crippen molar-refractivity contribution >= 4 is 29.0 Å². The second kappa shape index (κ2) is 7.27. The molecular weight excluding hydrogens is 392 g/mol. The fourth-order valence-electron chi connectivity index (χ4n) is 4.42. The summed E-state index contributed by atoms with van der Waals surface area (Å²) in [4.78, 5) is 15.5. The quantitative estimate of drug-likeness (QED) is 0.547. The number of fused-ring (bicyclic) bond motifs is 2. The molecule has 2 heterocycles. The lowest BCUT2D eigenvalue weighted by Crippen LogP contribution is -2.28. The van der Waals surface area contributed by atoms with E-state index in [1.54, 1.807) is 0 Å². The van der Waals surface area contributed by atoms with E-state index in [-0.39, 0.29) is 5.91 Å². The highest BCUT2D eigenvalue weighted by molar-refractivity contribution is 7.99. The average Bonchev–Trinajstić information content (AvgIpc) is 3.70. The van der Waals surface area contributed by atoms with Crippen LogP contribution in [-0.2, 0) is 17.6 Å². The topological polar surface area (TPSA) is 51.0 Å². The Morgan fingerprint density at radius 3 is 2.13 bits per heavy atom. The van der Waals surface area contributed by atoms with E-state index in [1.165, 1.54) is 48.6 Å². The Bertz CT molecular complexity index is 1070.